The van der Waals surface area contributed by atoms with Crippen molar-refractivity contribution in [1.82, 2.24) is 10.3 Å². The molecule has 0 fully saturated rings. The Morgan fingerprint density at radius 2 is 1.81 bits per heavy atom. The molecule has 27 heavy (non-hydrogen) atoms. The van der Waals surface area contributed by atoms with Crippen LogP contribution in [0.5, 0.6) is 0 Å². The number of benzene rings is 2. The van der Waals surface area contributed by atoms with Crippen LogP contribution in [0.15, 0.2) is 66.9 Å². The molecule has 0 unspecified atom stereocenters. The summed E-state index contributed by atoms with van der Waals surface area (Å²) in [6.45, 7) is 0.564. The highest BCUT2D eigenvalue weighted by Gasteiger charge is 2.08. The molecule has 2 aromatic carbocycles. The van der Waals surface area contributed by atoms with E-state index >= 15 is 0 Å². The van der Waals surface area contributed by atoms with Crippen LogP contribution in [-0.2, 0) is 6.42 Å². The number of aryl methyl sites for hydroxylation is 1. The van der Waals surface area contributed by atoms with Crippen LogP contribution in [0.25, 0.3) is 0 Å². The lowest BCUT2D eigenvalue weighted by molar-refractivity contribution is 0.0953. The third-order valence-corrected chi connectivity index (χ3v) is 3.99. The third-order valence-electron chi connectivity index (χ3n) is 3.99. The van der Waals surface area contributed by atoms with Crippen molar-refractivity contribution in [2.24, 2.45) is 0 Å². The van der Waals surface area contributed by atoms with Crippen LogP contribution in [0.2, 0.25) is 0 Å². The lowest BCUT2D eigenvalue weighted by atomic mass is 10.1. The molecular weight excluding hydrogens is 348 g/mol. The summed E-state index contributed by atoms with van der Waals surface area (Å²) in [6.07, 6.45) is 3.15. The van der Waals surface area contributed by atoms with Gasteiger partial charge >= 0.3 is 0 Å². The van der Waals surface area contributed by atoms with Crippen molar-refractivity contribution < 1.29 is 13.6 Å². The summed E-state index contributed by atoms with van der Waals surface area (Å²) < 4.78 is 26.6. The Labute approximate surface area is 156 Å². The maximum atomic E-state index is 13.6. The van der Waals surface area contributed by atoms with Crippen LogP contribution < -0.4 is 10.6 Å². The van der Waals surface area contributed by atoms with Gasteiger partial charge in [0.2, 0.25) is 0 Å². The van der Waals surface area contributed by atoms with Gasteiger partial charge in [0.1, 0.15) is 17.5 Å². The molecule has 0 saturated heterocycles. The summed E-state index contributed by atoms with van der Waals surface area (Å²) in [6, 6.07) is 16.5. The van der Waals surface area contributed by atoms with Crippen molar-refractivity contribution in [3.05, 3.63) is 89.6 Å². The largest absolute Gasteiger partial charge is 0.352 e. The molecule has 3 rings (SSSR count). The number of halogens is 2. The van der Waals surface area contributed by atoms with Crippen molar-refractivity contribution in [1.29, 1.82) is 0 Å². The highest BCUT2D eigenvalue weighted by atomic mass is 19.1. The second-order valence-electron chi connectivity index (χ2n) is 6.03. The van der Waals surface area contributed by atoms with Crippen molar-refractivity contribution >= 4 is 17.4 Å². The standard InChI is InChI=1S/C21H19F2N3O/c22-17-9-10-19(18(23)13-17)26-20-11-8-16(14-25-20)21(27)24-12-4-7-15-5-2-1-3-6-15/h1-3,5-6,8-11,13-14H,4,7,12H2,(H,24,27)(H,25,26). The van der Waals surface area contributed by atoms with Gasteiger partial charge in [-0.2, -0.15) is 0 Å². The second kappa shape index (κ2) is 8.89. The van der Waals surface area contributed by atoms with E-state index in [1.54, 1.807) is 12.1 Å². The summed E-state index contributed by atoms with van der Waals surface area (Å²) >= 11 is 0. The fourth-order valence-electron chi connectivity index (χ4n) is 2.57. The van der Waals surface area contributed by atoms with E-state index in [9.17, 15) is 13.6 Å². The number of pyridine rings is 1. The predicted octanol–water partition coefficient (Wildman–Crippen LogP) is 4.47. The molecule has 0 radical (unpaired) electrons. The van der Waals surface area contributed by atoms with Gasteiger partial charge in [-0.25, -0.2) is 13.8 Å². The first kappa shape index (κ1) is 18.5. The zero-order valence-electron chi connectivity index (χ0n) is 14.6. The SMILES string of the molecule is O=C(NCCCc1ccccc1)c1ccc(Nc2ccc(F)cc2F)nc1. The molecule has 2 N–H and O–H groups in total. The van der Waals surface area contributed by atoms with E-state index < -0.39 is 11.6 Å². The predicted molar refractivity (Wildman–Crippen MR) is 101 cm³/mol. The van der Waals surface area contributed by atoms with Gasteiger partial charge < -0.3 is 10.6 Å². The van der Waals surface area contributed by atoms with Crippen LogP contribution in [0, 0.1) is 11.6 Å². The Morgan fingerprint density at radius 1 is 1.00 bits per heavy atom. The summed E-state index contributed by atoms with van der Waals surface area (Å²) in [5.74, 6) is -1.21. The van der Waals surface area contributed by atoms with Crippen molar-refractivity contribution in [3.63, 3.8) is 0 Å². The average Bonchev–Trinajstić information content (AvgIpc) is 2.69. The average molecular weight is 367 g/mol. The highest BCUT2D eigenvalue weighted by molar-refractivity contribution is 5.94. The molecule has 0 aliphatic carbocycles. The van der Waals surface area contributed by atoms with E-state index in [4.69, 9.17) is 0 Å². The number of hydrogen-bond acceptors (Lipinski definition) is 3. The summed E-state index contributed by atoms with van der Waals surface area (Å²) in [5, 5.41) is 5.60. The van der Waals surface area contributed by atoms with Crippen LogP contribution in [0.3, 0.4) is 0 Å². The Hall–Kier alpha value is -3.28. The topological polar surface area (TPSA) is 54.0 Å². The third kappa shape index (κ3) is 5.34. The van der Waals surface area contributed by atoms with Crippen molar-refractivity contribution in [2.45, 2.75) is 12.8 Å². The fraction of sp³-hybridized carbons (Fsp3) is 0.143. The summed E-state index contributed by atoms with van der Waals surface area (Å²) in [7, 11) is 0. The van der Waals surface area contributed by atoms with E-state index in [1.807, 2.05) is 18.2 Å². The molecule has 1 aromatic heterocycles. The second-order valence-corrected chi connectivity index (χ2v) is 6.03. The molecule has 4 nitrogen and oxygen atoms in total. The van der Waals surface area contributed by atoms with E-state index in [1.165, 1.54) is 17.8 Å². The maximum absolute atomic E-state index is 13.6. The molecule has 0 bridgehead atoms. The smallest absolute Gasteiger partial charge is 0.252 e. The molecule has 0 atom stereocenters. The molecular formula is C21H19F2N3O. The Morgan fingerprint density at radius 3 is 2.52 bits per heavy atom. The molecule has 0 aliphatic rings. The van der Waals surface area contributed by atoms with Crippen LogP contribution >= 0.6 is 0 Å². The van der Waals surface area contributed by atoms with Gasteiger partial charge in [0.15, 0.2) is 0 Å². The lowest BCUT2D eigenvalue weighted by Gasteiger charge is -2.08. The number of carbonyl (C=O) groups excluding carboxylic acids is 1. The van der Waals surface area contributed by atoms with Crippen molar-refractivity contribution in [3.8, 4) is 0 Å². The van der Waals surface area contributed by atoms with Gasteiger partial charge in [0, 0.05) is 18.8 Å². The van der Waals surface area contributed by atoms with Gasteiger partial charge in [-0.3, -0.25) is 4.79 Å². The number of hydrogen-bond donors (Lipinski definition) is 2. The lowest BCUT2D eigenvalue weighted by Crippen LogP contribution is -2.24. The molecule has 1 amide bonds. The molecule has 1 heterocycles. The zero-order chi connectivity index (χ0) is 19.1. The monoisotopic (exact) mass is 367 g/mol. The molecule has 0 saturated carbocycles. The number of rotatable bonds is 7. The normalized spacial score (nSPS) is 10.4. The number of nitrogens with one attached hydrogen (secondary N) is 2. The quantitative estimate of drug-likeness (QED) is 0.606. The van der Waals surface area contributed by atoms with Crippen LogP contribution in [0.4, 0.5) is 20.3 Å². The number of carbonyl (C=O) groups is 1. The number of nitrogens with zero attached hydrogens (tertiary/aromatic N) is 1. The van der Waals surface area contributed by atoms with Crippen molar-refractivity contribution in [2.75, 3.05) is 11.9 Å². The Bertz CT molecular complexity index is 899. The summed E-state index contributed by atoms with van der Waals surface area (Å²) in [4.78, 5) is 16.2. The summed E-state index contributed by atoms with van der Waals surface area (Å²) in [5.41, 5.74) is 1.76. The number of amides is 1. The van der Waals surface area contributed by atoms with Gasteiger partial charge in [0.05, 0.1) is 11.3 Å². The first-order valence-electron chi connectivity index (χ1n) is 8.62. The van der Waals surface area contributed by atoms with Crippen LogP contribution in [0.1, 0.15) is 22.3 Å². The number of aromatic nitrogens is 1. The van der Waals surface area contributed by atoms with E-state index in [0.29, 0.717) is 17.9 Å². The number of anilines is 2. The molecule has 138 valence electrons. The van der Waals surface area contributed by atoms with E-state index in [-0.39, 0.29) is 11.6 Å². The maximum Gasteiger partial charge on any atom is 0.252 e. The zero-order valence-corrected chi connectivity index (χ0v) is 14.6. The molecule has 0 aliphatic heterocycles. The van der Waals surface area contributed by atoms with Crippen LogP contribution in [-0.4, -0.2) is 17.4 Å². The molecule has 0 spiro atoms. The van der Waals surface area contributed by atoms with Gasteiger partial charge in [-0.05, 0) is 42.7 Å². The fourth-order valence-corrected chi connectivity index (χ4v) is 2.57. The molecule has 6 heteroatoms. The first-order chi connectivity index (χ1) is 13.1. The van der Waals surface area contributed by atoms with Gasteiger partial charge in [-0.15, -0.1) is 0 Å². The Kier molecular flexibility index (Phi) is 6.10. The molecule has 3 aromatic rings. The van der Waals surface area contributed by atoms with E-state index in [0.717, 1.165) is 25.0 Å². The minimum atomic E-state index is -0.711. The first-order valence-corrected chi connectivity index (χ1v) is 8.62. The van der Waals surface area contributed by atoms with E-state index in [2.05, 4.69) is 27.8 Å². The highest BCUT2D eigenvalue weighted by Crippen LogP contribution is 2.19. The minimum Gasteiger partial charge on any atom is -0.352 e. The Balaban J connectivity index is 1.49. The van der Waals surface area contributed by atoms with Gasteiger partial charge in [-0.1, -0.05) is 30.3 Å². The minimum absolute atomic E-state index is 0.113. The van der Waals surface area contributed by atoms with Gasteiger partial charge in [0.25, 0.3) is 5.91 Å².